The SMILES string of the molecule is c1ccc(-c2cc(-c3ccccc3)cc(-c3cc(-c4ccccc4)cc(-c4ccccc4)c3)c2)cc1. The molecule has 0 atom stereocenters. The van der Waals surface area contributed by atoms with Crippen molar-refractivity contribution in [1.29, 1.82) is 0 Å². The van der Waals surface area contributed by atoms with Crippen LogP contribution in [0.25, 0.3) is 55.6 Å². The average Bonchev–Trinajstić information content (AvgIpc) is 2.98. The van der Waals surface area contributed by atoms with Crippen LogP contribution in [0, 0.1) is 0 Å². The molecule has 0 aliphatic carbocycles. The lowest BCUT2D eigenvalue weighted by Gasteiger charge is -2.14. The van der Waals surface area contributed by atoms with Crippen LogP contribution in [0.4, 0.5) is 0 Å². The predicted octanol–water partition coefficient (Wildman–Crippen LogP) is 10.0. The normalized spacial score (nSPS) is 10.8. The van der Waals surface area contributed by atoms with E-state index in [4.69, 9.17) is 0 Å². The van der Waals surface area contributed by atoms with Gasteiger partial charge in [-0.25, -0.2) is 0 Å². The summed E-state index contributed by atoms with van der Waals surface area (Å²) in [5.74, 6) is 0. The van der Waals surface area contributed by atoms with Crippen molar-refractivity contribution >= 4 is 0 Å². The Labute approximate surface area is 213 Å². The summed E-state index contributed by atoms with van der Waals surface area (Å²) in [5, 5.41) is 0. The van der Waals surface area contributed by atoms with E-state index in [1.54, 1.807) is 0 Å². The molecule has 0 unspecified atom stereocenters. The minimum Gasteiger partial charge on any atom is -0.0622 e. The van der Waals surface area contributed by atoms with Gasteiger partial charge in [0.05, 0.1) is 0 Å². The van der Waals surface area contributed by atoms with Crippen molar-refractivity contribution in [2.24, 2.45) is 0 Å². The quantitative estimate of drug-likeness (QED) is 0.241. The van der Waals surface area contributed by atoms with E-state index in [9.17, 15) is 0 Å². The third-order valence-corrected chi connectivity index (χ3v) is 6.63. The fraction of sp³-hybridized carbons (Fsp3) is 0. The highest BCUT2D eigenvalue weighted by molar-refractivity contribution is 5.86. The molecule has 0 spiro atoms. The van der Waals surface area contributed by atoms with Crippen molar-refractivity contribution in [3.63, 3.8) is 0 Å². The van der Waals surface area contributed by atoms with E-state index in [-0.39, 0.29) is 0 Å². The first-order valence-corrected chi connectivity index (χ1v) is 12.4. The number of hydrogen-bond acceptors (Lipinski definition) is 0. The lowest BCUT2D eigenvalue weighted by atomic mass is 9.90. The molecule has 0 heterocycles. The van der Waals surface area contributed by atoms with Gasteiger partial charge in [0, 0.05) is 0 Å². The van der Waals surface area contributed by atoms with Crippen molar-refractivity contribution in [3.8, 4) is 55.6 Å². The van der Waals surface area contributed by atoms with E-state index < -0.39 is 0 Å². The molecular formula is C36H26. The maximum absolute atomic E-state index is 2.32. The number of benzene rings is 6. The zero-order valence-electron chi connectivity index (χ0n) is 20.0. The summed E-state index contributed by atoms with van der Waals surface area (Å²) in [6, 6.07) is 56.5. The zero-order valence-corrected chi connectivity index (χ0v) is 20.0. The minimum absolute atomic E-state index is 1.21. The first-order valence-electron chi connectivity index (χ1n) is 12.4. The molecular weight excluding hydrogens is 432 g/mol. The molecule has 0 aliphatic rings. The highest BCUT2D eigenvalue weighted by Crippen LogP contribution is 2.37. The Hall–Kier alpha value is -4.68. The largest absolute Gasteiger partial charge is 0.0622 e. The molecule has 0 saturated heterocycles. The Morgan fingerprint density at radius 3 is 0.528 bits per heavy atom. The van der Waals surface area contributed by atoms with Gasteiger partial charge in [0.15, 0.2) is 0 Å². The van der Waals surface area contributed by atoms with Crippen LogP contribution in [0.5, 0.6) is 0 Å². The van der Waals surface area contributed by atoms with Crippen LogP contribution in [0.3, 0.4) is 0 Å². The fourth-order valence-electron chi connectivity index (χ4n) is 4.78. The van der Waals surface area contributed by atoms with Crippen LogP contribution in [0.1, 0.15) is 0 Å². The summed E-state index contributed by atoms with van der Waals surface area (Å²) in [5.41, 5.74) is 12.2. The molecule has 0 N–H and O–H groups in total. The molecule has 0 aromatic heterocycles. The molecule has 0 bridgehead atoms. The molecule has 36 heavy (non-hydrogen) atoms. The van der Waals surface area contributed by atoms with Gasteiger partial charge < -0.3 is 0 Å². The molecule has 6 rings (SSSR count). The predicted molar refractivity (Wildman–Crippen MR) is 154 cm³/mol. The third-order valence-electron chi connectivity index (χ3n) is 6.63. The van der Waals surface area contributed by atoms with Crippen molar-refractivity contribution in [3.05, 3.63) is 158 Å². The summed E-state index contributed by atoms with van der Waals surface area (Å²) in [4.78, 5) is 0. The molecule has 0 amide bonds. The van der Waals surface area contributed by atoms with Gasteiger partial charge in [-0.05, 0) is 92.0 Å². The van der Waals surface area contributed by atoms with Crippen molar-refractivity contribution in [2.45, 2.75) is 0 Å². The molecule has 0 saturated carbocycles. The highest BCUT2D eigenvalue weighted by Gasteiger charge is 2.11. The second kappa shape index (κ2) is 9.90. The second-order valence-corrected chi connectivity index (χ2v) is 9.06. The van der Waals surface area contributed by atoms with E-state index >= 15 is 0 Å². The van der Waals surface area contributed by atoms with Gasteiger partial charge in [-0.15, -0.1) is 0 Å². The molecule has 0 heteroatoms. The van der Waals surface area contributed by atoms with Gasteiger partial charge in [-0.3, -0.25) is 0 Å². The molecule has 0 fully saturated rings. The van der Waals surface area contributed by atoms with Crippen LogP contribution in [-0.2, 0) is 0 Å². The summed E-state index contributed by atoms with van der Waals surface area (Å²) in [6.07, 6.45) is 0. The van der Waals surface area contributed by atoms with E-state index in [1.165, 1.54) is 55.6 Å². The van der Waals surface area contributed by atoms with Crippen molar-refractivity contribution in [1.82, 2.24) is 0 Å². The maximum Gasteiger partial charge on any atom is -0.0171 e. The maximum atomic E-state index is 2.32. The van der Waals surface area contributed by atoms with Gasteiger partial charge in [0.1, 0.15) is 0 Å². The zero-order chi connectivity index (χ0) is 24.2. The number of rotatable bonds is 5. The minimum atomic E-state index is 1.21. The molecule has 0 radical (unpaired) electrons. The van der Waals surface area contributed by atoms with Gasteiger partial charge in [-0.2, -0.15) is 0 Å². The summed E-state index contributed by atoms with van der Waals surface area (Å²) in [7, 11) is 0. The molecule has 6 aromatic rings. The fourth-order valence-corrected chi connectivity index (χ4v) is 4.78. The van der Waals surface area contributed by atoms with Gasteiger partial charge in [0.2, 0.25) is 0 Å². The van der Waals surface area contributed by atoms with Crippen molar-refractivity contribution < 1.29 is 0 Å². The standard InChI is InChI=1S/C36H26/c1-5-13-27(14-6-1)31-21-32(28-15-7-2-8-16-28)24-35(23-31)36-25-33(29-17-9-3-10-18-29)22-34(26-36)30-19-11-4-12-20-30/h1-26H. The van der Waals surface area contributed by atoms with Crippen LogP contribution >= 0.6 is 0 Å². The summed E-state index contributed by atoms with van der Waals surface area (Å²) in [6.45, 7) is 0. The van der Waals surface area contributed by atoms with Crippen molar-refractivity contribution in [2.75, 3.05) is 0 Å². The van der Waals surface area contributed by atoms with E-state index in [0.717, 1.165) is 0 Å². The van der Waals surface area contributed by atoms with Crippen LogP contribution in [-0.4, -0.2) is 0 Å². The van der Waals surface area contributed by atoms with E-state index in [0.29, 0.717) is 0 Å². The smallest absolute Gasteiger partial charge is 0.0171 e. The lowest BCUT2D eigenvalue weighted by Crippen LogP contribution is -1.89. The lowest BCUT2D eigenvalue weighted by molar-refractivity contribution is 1.55. The van der Waals surface area contributed by atoms with Crippen LogP contribution in [0.2, 0.25) is 0 Å². The monoisotopic (exact) mass is 458 g/mol. The van der Waals surface area contributed by atoms with Crippen LogP contribution < -0.4 is 0 Å². The van der Waals surface area contributed by atoms with Gasteiger partial charge in [-0.1, -0.05) is 121 Å². The van der Waals surface area contributed by atoms with Gasteiger partial charge >= 0.3 is 0 Å². The summed E-state index contributed by atoms with van der Waals surface area (Å²) < 4.78 is 0. The third kappa shape index (κ3) is 4.62. The van der Waals surface area contributed by atoms with Crippen LogP contribution in [0.15, 0.2) is 158 Å². The Balaban J connectivity index is 1.58. The first-order chi connectivity index (χ1) is 17.8. The Kier molecular flexibility index (Phi) is 6.00. The molecule has 0 aliphatic heterocycles. The first kappa shape index (κ1) is 21.8. The number of hydrogen-bond donors (Lipinski definition) is 0. The Morgan fingerprint density at radius 1 is 0.167 bits per heavy atom. The van der Waals surface area contributed by atoms with Gasteiger partial charge in [0.25, 0.3) is 0 Å². The molecule has 170 valence electrons. The van der Waals surface area contributed by atoms with E-state index in [1.807, 2.05) is 0 Å². The second-order valence-electron chi connectivity index (χ2n) is 9.06. The molecule has 0 nitrogen and oxygen atoms in total. The molecule has 6 aromatic carbocycles. The Bertz CT molecular complexity index is 1340. The summed E-state index contributed by atoms with van der Waals surface area (Å²) >= 11 is 0. The topological polar surface area (TPSA) is 0 Å². The highest BCUT2D eigenvalue weighted by atomic mass is 14.1. The van der Waals surface area contributed by atoms with E-state index in [2.05, 4.69) is 158 Å². The average molecular weight is 459 g/mol. The Morgan fingerprint density at radius 2 is 0.333 bits per heavy atom.